The number of rotatable bonds is 11. The molecular weight excluding hydrogens is 617 g/mol. The summed E-state index contributed by atoms with van der Waals surface area (Å²) in [4.78, 5) is 47.7. The minimum Gasteiger partial charge on any atom is -0.354 e. The van der Waals surface area contributed by atoms with Crippen LogP contribution in [0.25, 0.3) is 0 Å². The zero-order chi connectivity index (χ0) is 32.0. The van der Waals surface area contributed by atoms with Crippen molar-refractivity contribution in [3.05, 3.63) is 63.5 Å². The Morgan fingerprint density at radius 1 is 1.14 bits per heavy atom. The average Bonchev–Trinajstić information content (AvgIpc) is 3.59. The Morgan fingerprint density at radius 3 is 2.50 bits per heavy atom. The van der Waals surface area contributed by atoms with Gasteiger partial charge in [-0.05, 0) is 18.2 Å². The van der Waals surface area contributed by atoms with E-state index in [1.54, 1.807) is 4.90 Å². The molecule has 0 spiro atoms. The number of hydrogen-bond acceptors (Lipinski definition) is 7. The molecule has 1 aromatic carbocycles. The van der Waals surface area contributed by atoms with Crippen LogP contribution in [-0.4, -0.2) is 99.9 Å². The number of alkyl halides is 5. The van der Waals surface area contributed by atoms with Crippen LogP contribution in [0.3, 0.4) is 0 Å². The number of hydrogen-bond donors (Lipinski definition) is 5. The highest BCUT2D eigenvalue weighted by atomic mass is 35.5. The van der Waals surface area contributed by atoms with E-state index in [-0.39, 0.29) is 51.8 Å². The number of nitrogens with one attached hydrogen (secondary N) is 4. The van der Waals surface area contributed by atoms with Crippen LogP contribution in [0.5, 0.6) is 0 Å². The third-order valence-electron chi connectivity index (χ3n) is 6.74. The van der Waals surface area contributed by atoms with Gasteiger partial charge in [0.2, 0.25) is 12.3 Å². The van der Waals surface area contributed by atoms with Gasteiger partial charge in [-0.1, -0.05) is 11.6 Å². The summed E-state index contributed by atoms with van der Waals surface area (Å²) in [5.74, 6) is -1.47. The van der Waals surface area contributed by atoms with E-state index < -0.39 is 42.6 Å². The lowest BCUT2D eigenvalue weighted by Gasteiger charge is -2.34. The van der Waals surface area contributed by atoms with Crippen molar-refractivity contribution in [3.63, 3.8) is 0 Å². The fourth-order valence-corrected chi connectivity index (χ4v) is 4.87. The Bertz CT molecular complexity index is 1490. The summed E-state index contributed by atoms with van der Waals surface area (Å²) in [6.07, 6.45) is -8.09. The molecule has 3 amide bonds. The monoisotopic (exact) mass is 645 g/mol. The molecule has 1 aliphatic heterocycles. The molecular formula is C26H29ClF5N9O3. The van der Waals surface area contributed by atoms with Gasteiger partial charge in [0, 0.05) is 74.5 Å². The van der Waals surface area contributed by atoms with Gasteiger partial charge < -0.3 is 26.3 Å². The topological polar surface area (TPSA) is 165 Å². The molecule has 6 N–H and O–H groups in total. The van der Waals surface area contributed by atoms with Gasteiger partial charge in [-0.15, -0.1) is 0 Å². The Kier molecular flexibility index (Phi) is 10.5. The minimum atomic E-state index is -4.88. The van der Waals surface area contributed by atoms with Crippen molar-refractivity contribution in [2.75, 3.05) is 51.1 Å². The number of halogens is 6. The van der Waals surface area contributed by atoms with Gasteiger partial charge in [0.25, 0.3) is 11.8 Å². The van der Waals surface area contributed by atoms with Crippen molar-refractivity contribution in [2.24, 2.45) is 5.73 Å². The smallest absolute Gasteiger partial charge is 0.354 e. The number of amides is 3. The number of nitrogens with two attached hydrogens (primary N) is 1. The molecule has 1 fully saturated rings. The number of imidazole rings is 1. The third kappa shape index (κ3) is 8.29. The number of aromatic nitrogens is 4. The van der Waals surface area contributed by atoms with Gasteiger partial charge in [0.15, 0.2) is 11.5 Å². The third-order valence-corrected chi connectivity index (χ3v) is 7.05. The second kappa shape index (κ2) is 14.1. The predicted molar refractivity (Wildman–Crippen MR) is 149 cm³/mol. The summed E-state index contributed by atoms with van der Waals surface area (Å²) in [7, 11) is 0. The molecule has 3 aromatic rings. The van der Waals surface area contributed by atoms with Gasteiger partial charge in [-0.3, -0.25) is 24.4 Å². The fourth-order valence-electron chi connectivity index (χ4n) is 4.61. The van der Waals surface area contributed by atoms with E-state index in [4.69, 9.17) is 17.3 Å². The summed E-state index contributed by atoms with van der Waals surface area (Å²) in [6.45, 7) is 2.67. The molecule has 0 unspecified atom stereocenters. The number of nitrogens with zero attached hydrogens (tertiary/aromatic N) is 4. The molecule has 0 saturated carbocycles. The molecule has 44 heavy (non-hydrogen) atoms. The predicted octanol–water partition coefficient (Wildman–Crippen LogP) is 2.29. The quantitative estimate of drug-likeness (QED) is 0.200. The summed E-state index contributed by atoms with van der Waals surface area (Å²) < 4.78 is 65.9. The Labute approximate surface area is 252 Å². The molecule has 12 nitrogen and oxygen atoms in total. The highest BCUT2D eigenvalue weighted by Gasteiger charge is 2.38. The molecule has 1 saturated heterocycles. The van der Waals surface area contributed by atoms with Crippen molar-refractivity contribution >= 4 is 35.0 Å². The maximum Gasteiger partial charge on any atom is 0.435 e. The number of carbonyl (C=O) groups is 3. The van der Waals surface area contributed by atoms with Crippen LogP contribution in [0.2, 0.25) is 5.02 Å². The molecule has 0 aliphatic carbocycles. The molecule has 1 aliphatic rings. The molecule has 0 radical (unpaired) electrons. The number of carbonyl (C=O) groups excluding carboxylic acids is 3. The van der Waals surface area contributed by atoms with Crippen LogP contribution in [0.15, 0.2) is 24.4 Å². The van der Waals surface area contributed by atoms with E-state index in [1.807, 2.05) is 10.00 Å². The molecule has 0 bridgehead atoms. The number of piperazine rings is 1. The lowest BCUT2D eigenvalue weighted by Crippen LogP contribution is -2.51. The van der Waals surface area contributed by atoms with E-state index >= 15 is 0 Å². The molecule has 0 atom stereocenters. The number of H-pyrrole nitrogens is 2. The van der Waals surface area contributed by atoms with E-state index in [1.165, 1.54) is 18.2 Å². The van der Waals surface area contributed by atoms with Gasteiger partial charge in [-0.25, -0.2) is 13.8 Å². The van der Waals surface area contributed by atoms with Crippen molar-refractivity contribution in [1.82, 2.24) is 35.3 Å². The van der Waals surface area contributed by atoms with Crippen LogP contribution in [-0.2, 0) is 23.8 Å². The maximum atomic E-state index is 13.4. The van der Waals surface area contributed by atoms with Crippen molar-refractivity contribution in [3.8, 4) is 0 Å². The van der Waals surface area contributed by atoms with Crippen LogP contribution >= 0.6 is 11.6 Å². The average molecular weight is 646 g/mol. The molecule has 2 aromatic heterocycles. The lowest BCUT2D eigenvalue weighted by molar-refractivity contribution is -0.141. The molecule has 3 heterocycles. The molecule has 238 valence electrons. The number of aromatic amines is 2. The zero-order valence-electron chi connectivity index (χ0n) is 23.1. The van der Waals surface area contributed by atoms with Gasteiger partial charge in [-0.2, -0.15) is 18.3 Å². The first kappa shape index (κ1) is 32.8. The summed E-state index contributed by atoms with van der Waals surface area (Å²) >= 11 is 6.36. The van der Waals surface area contributed by atoms with E-state index in [9.17, 15) is 36.3 Å². The largest absolute Gasteiger partial charge is 0.435 e. The second-order valence-electron chi connectivity index (χ2n) is 9.91. The van der Waals surface area contributed by atoms with Crippen molar-refractivity contribution < 1.29 is 36.3 Å². The van der Waals surface area contributed by atoms with E-state index in [0.717, 1.165) is 6.20 Å². The normalized spacial score (nSPS) is 14.2. The molecule has 18 heteroatoms. The first-order valence-corrected chi connectivity index (χ1v) is 13.8. The Hall–Kier alpha value is -4.09. The number of benzene rings is 1. The standard InChI is InChI=1S/C26H29ClF5N9O3/c27-18-10-14(1-2-16(18)25(44)41-7-5-40(6-8-41)13-21(42)34-4-3-33)37-24(43)23-35-12-15(36-23)9-17-19(11-20(28)29)38-39-22(17)26(30,31)32/h1-2,10,12,20H,3-9,11,13,33H2,(H,34,42)(H,35,36)(H,37,43)(H,38,39). The highest BCUT2D eigenvalue weighted by molar-refractivity contribution is 6.34. The van der Waals surface area contributed by atoms with Crippen LogP contribution < -0.4 is 16.4 Å². The number of anilines is 1. The Morgan fingerprint density at radius 2 is 1.86 bits per heavy atom. The summed E-state index contributed by atoms with van der Waals surface area (Å²) in [5, 5.41) is 10.5. The van der Waals surface area contributed by atoms with Crippen LogP contribution in [0.4, 0.5) is 27.6 Å². The van der Waals surface area contributed by atoms with Crippen molar-refractivity contribution in [2.45, 2.75) is 25.4 Å². The second-order valence-corrected chi connectivity index (χ2v) is 10.3. The van der Waals surface area contributed by atoms with Crippen LogP contribution in [0.1, 0.15) is 43.6 Å². The van der Waals surface area contributed by atoms with Gasteiger partial charge in [0.1, 0.15) is 0 Å². The highest BCUT2D eigenvalue weighted by Crippen LogP contribution is 2.33. The minimum absolute atomic E-state index is 0.0628. The summed E-state index contributed by atoms with van der Waals surface area (Å²) in [5.41, 5.74) is 3.70. The Balaban J connectivity index is 1.36. The van der Waals surface area contributed by atoms with Crippen LogP contribution in [0, 0.1) is 0 Å². The van der Waals surface area contributed by atoms with Crippen molar-refractivity contribution in [1.29, 1.82) is 0 Å². The first-order chi connectivity index (χ1) is 20.8. The van der Waals surface area contributed by atoms with E-state index in [0.29, 0.717) is 39.3 Å². The zero-order valence-corrected chi connectivity index (χ0v) is 23.9. The van der Waals surface area contributed by atoms with Gasteiger partial charge >= 0.3 is 6.18 Å². The SMILES string of the molecule is NCCNC(=O)CN1CCN(C(=O)c2ccc(NC(=O)c3ncc(Cc4c(C(F)(F)F)n[nH]c4CC(F)F)[nH]3)cc2Cl)CC1. The fraction of sp³-hybridized carbons (Fsp3) is 0.423. The summed E-state index contributed by atoms with van der Waals surface area (Å²) in [6, 6.07) is 4.27. The first-order valence-electron chi connectivity index (χ1n) is 13.4. The van der Waals surface area contributed by atoms with Gasteiger partial charge in [0.05, 0.1) is 23.6 Å². The molecule has 4 rings (SSSR count). The lowest BCUT2D eigenvalue weighted by atomic mass is 10.1. The van der Waals surface area contributed by atoms with E-state index in [2.05, 4.69) is 25.7 Å². The maximum absolute atomic E-state index is 13.4.